The first-order chi connectivity index (χ1) is 26.5. The Hall–Kier alpha value is -5.41. The van der Waals surface area contributed by atoms with Gasteiger partial charge in [0.15, 0.2) is 0 Å². The Morgan fingerprint density at radius 3 is 1.41 bits per heavy atom. The monoisotopic (exact) mass is 814 g/mol. The quantitative estimate of drug-likeness (QED) is 0.0992. The molecule has 56 heavy (non-hydrogen) atoms. The van der Waals surface area contributed by atoms with E-state index in [1.54, 1.807) is 48.5 Å². The Bertz CT molecular complexity index is 2030. The molecule has 0 bridgehead atoms. The average Bonchev–Trinajstić information content (AvgIpc) is 3.85. The third kappa shape index (κ3) is 9.16. The first-order valence-corrected chi connectivity index (χ1v) is 18.2. The van der Waals surface area contributed by atoms with Crippen molar-refractivity contribution in [2.24, 2.45) is 0 Å². The summed E-state index contributed by atoms with van der Waals surface area (Å²) in [7, 11) is 0. The predicted octanol–water partition coefficient (Wildman–Crippen LogP) is 8.57. The zero-order chi connectivity index (χ0) is 40.4. The summed E-state index contributed by atoms with van der Waals surface area (Å²) in [6.45, 7) is 1.19. The SMILES string of the molecule is CC(F)(F)c1ccc(C(=O)N2CCC[C@H]2C(=O)Nc2ccc(/C=C/c3ccc(NC(=O)[C@@H]4CCCN4C(=O)c4ccc(C(F)(F)F)nc4Cl)cc3)cc2)c(Cl)n1. The van der Waals surface area contributed by atoms with Gasteiger partial charge in [-0.1, -0.05) is 59.6 Å². The van der Waals surface area contributed by atoms with Crippen LogP contribution in [0.4, 0.5) is 33.3 Å². The van der Waals surface area contributed by atoms with Crippen LogP contribution in [-0.4, -0.2) is 68.6 Å². The summed E-state index contributed by atoms with van der Waals surface area (Å²) in [5.41, 5.74) is 0.524. The third-order valence-corrected chi connectivity index (χ3v) is 9.93. The van der Waals surface area contributed by atoms with Gasteiger partial charge in [-0.3, -0.25) is 19.2 Å². The topological polar surface area (TPSA) is 125 Å². The molecule has 17 heteroatoms. The molecule has 0 unspecified atom stereocenters. The number of carbonyl (C=O) groups excluding carboxylic acids is 4. The zero-order valence-corrected chi connectivity index (χ0v) is 31.1. The number of rotatable bonds is 9. The lowest BCUT2D eigenvalue weighted by Crippen LogP contribution is -2.43. The van der Waals surface area contributed by atoms with Crippen LogP contribution in [0.3, 0.4) is 0 Å². The van der Waals surface area contributed by atoms with Crippen LogP contribution in [0.2, 0.25) is 10.3 Å². The van der Waals surface area contributed by atoms with Crippen LogP contribution >= 0.6 is 23.2 Å². The lowest BCUT2D eigenvalue weighted by Gasteiger charge is -2.24. The number of hydrogen-bond donors (Lipinski definition) is 2. The number of benzene rings is 2. The van der Waals surface area contributed by atoms with Gasteiger partial charge in [0.1, 0.15) is 33.8 Å². The highest BCUT2D eigenvalue weighted by Gasteiger charge is 2.38. The summed E-state index contributed by atoms with van der Waals surface area (Å²) >= 11 is 12.0. The second-order valence-electron chi connectivity index (χ2n) is 13.3. The molecule has 0 radical (unpaired) electrons. The molecule has 0 aliphatic carbocycles. The van der Waals surface area contributed by atoms with E-state index in [2.05, 4.69) is 20.6 Å². The van der Waals surface area contributed by atoms with E-state index < -0.39 is 64.4 Å². The first kappa shape index (κ1) is 40.3. The minimum atomic E-state index is -4.72. The number of aromatic nitrogens is 2. The molecular formula is C39H33Cl2F5N6O4. The van der Waals surface area contributed by atoms with Crippen molar-refractivity contribution in [1.82, 2.24) is 19.8 Å². The van der Waals surface area contributed by atoms with Crippen molar-refractivity contribution in [3.05, 3.63) is 117 Å². The molecule has 2 saturated heterocycles. The van der Waals surface area contributed by atoms with Crippen molar-refractivity contribution < 1.29 is 41.1 Å². The van der Waals surface area contributed by atoms with Crippen LogP contribution < -0.4 is 10.6 Å². The van der Waals surface area contributed by atoms with E-state index in [1.807, 2.05) is 12.2 Å². The summed E-state index contributed by atoms with van der Waals surface area (Å²) in [5.74, 6) is -5.34. The van der Waals surface area contributed by atoms with Gasteiger partial charge in [0.05, 0.1) is 11.1 Å². The van der Waals surface area contributed by atoms with Crippen LogP contribution in [0.1, 0.15) is 75.8 Å². The maximum Gasteiger partial charge on any atom is 0.433 e. The number of alkyl halides is 5. The van der Waals surface area contributed by atoms with Crippen molar-refractivity contribution in [1.29, 1.82) is 0 Å². The molecule has 10 nitrogen and oxygen atoms in total. The number of amides is 4. The molecule has 2 aliphatic rings. The van der Waals surface area contributed by atoms with E-state index >= 15 is 0 Å². The molecule has 2 fully saturated rings. The van der Waals surface area contributed by atoms with Gasteiger partial charge in [-0.25, -0.2) is 9.97 Å². The molecule has 4 heterocycles. The number of nitrogens with one attached hydrogen (secondary N) is 2. The lowest BCUT2D eigenvalue weighted by atomic mass is 10.1. The van der Waals surface area contributed by atoms with Crippen LogP contribution in [-0.2, 0) is 21.7 Å². The molecule has 0 spiro atoms. The van der Waals surface area contributed by atoms with Gasteiger partial charge in [-0.2, -0.15) is 22.0 Å². The van der Waals surface area contributed by atoms with Crippen LogP contribution in [0, 0.1) is 0 Å². The smallest absolute Gasteiger partial charge is 0.327 e. The standard InChI is InChI=1S/C39H33Cl2F5N6O4/c1-38(42,43)30-18-16-26(32(40)49-30)36(55)51-20-2-4-28(51)34(53)47-24-12-8-22(9-13-24)6-7-23-10-14-25(15-11-23)48-35(54)29-5-3-21-52(29)37(56)27-17-19-31(39(44,45)46)50-33(27)41/h6-19,28-29H,2-5,20-21H2,1H3,(H,47,53)(H,48,54)/b7-6+/t28-,29-/m0/s1. The Morgan fingerprint density at radius 1 is 0.643 bits per heavy atom. The summed E-state index contributed by atoms with van der Waals surface area (Å²) in [6, 6.07) is 16.2. The van der Waals surface area contributed by atoms with Gasteiger partial charge in [0.25, 0.3) is 17.7 Å². The fourth-order valence-corrected chi connectivity index (χ4v) is 6.93. The molecule has 2 aromatic heterocycles. The average molecular weight is 816 g/mol. The van der Waals surface area contributed by atoms with E-state index in [0.717, 1.165) is 23.3 Å². The van der Waals surface area contributed by atoms with Gasteiger partial charge >= 0.3 is 6.18 Å². The summed E-state index contributed by atoms with van der Waals surface area (Å²) in [5, 5.41) is 4.66. The second kappa shape index (κ2) is 16.4. The predicted molar refractivity (Wildman–Crippen MR) is 200 cm³/mol. The largest absolute Gasteiger partial charge is 0.433 e. The van der Waals surface area contributed by atoms with E-state index in [1.165, 1.54) is 15.9 Å². The van der Waals surface area contributed by atoms with Crippen LogP contribution in [0.25, 0.3) is 12.2 Å². The summed E-state index contributed by atoms with van der Waals surface area (Å²) < 4.78 is 66.3. The molecule has 2 N–H and O–H groups in total. The number of anilines is 2. The molecular weight excluding hydrogens is 782 g/mol. The number of nitrogens with zero attached hydrogens (tertiary/aromatic N) is 4. The molecule has 2 atom stereocenters. The van der Waals surface area contributed by atoms with E-state index in [9.17, 15) is 41.1 Å². The van der Waals surface area contributed by atoms with Crippen molar-refractivity contribution in [2.75, 3.05) is 23.7 Å². The van der Waals surface area contributed by atoms with E-state index in [4.69, 9.17) is 23.2 Å². The minimum Gasteiger partial charge on any atom is -0.327 e. The van der Waals surface area contributed by atoms with Gasteiger partial charge in [0.2, 0.25) is 11.8 Å². The second-order valence-corrected chi connectivity index (χ2v) is 14.0. The number of halogens is 7. The van der Waals surface area contributed by atoms with Gasteiger partial charge in [-0.15, -0.1) is 0 Å². The van der Waals surface area contributed by atoms with Crippen molar-refractivity contribution >= 4 is 70.4 Å². The maximum absolute atomic E-state index is 13.7. The first-order valence-electron chi connectivity index (χ1n) is 17.4. The van der Waals surface area contributed by atoms with Crippen LogP contribution in [0.5, 0.6) is 0 Å². The molecule has 2 aromatic carbocycles. The number of likely N-dealkylation sites (tertiary alicyclic amines) is 2. The normalized spacial score (nSPS) is 17.4. The number of carbonyl (C=O) groups is 4. The number of hydrogen-bond acceptors (Lipinski definition) is 6. The van der Waals surface area contributed by atoms with Gasteiger partial charge in [-0.05, 0) is 85.3 Å². The Morgan fingerprint density at radius 2 is 1.04 bits per heavy atom. The maximum atomic E-state index is 13.7. The van der Waals surface area contributed by atoms with E-state index in [-0.39, 0.29) is 22.8 Å². The summed E-state index contributed by atoms with van der Waals surface area (Å²) in [6.07, 6.45) is 0.824. The highest BCUT2D eigenvalue weighted by atomic mass is 35.5. The fourth-order valence-electron chi connectivity index (χ4n) is 6.46. The molecule has 4 amide bonds. The van der Waals surface area contributed by atoms with Crippen LogP contribution in [0.15, 0.2) is 72.8 Å². The lowest BCUT2D eigenvalue weighted by molar-refractivity contribution is -0.141. The molecule has 4 aromatic rings. The molecule has 0 saturated carbocycles. The van der Waals surface area contributed by atoms with Crippen molar-refractivity contribution in [3.8, 4) is 0 Å². The highest BCUT2D eigenvalue weighted by molar-refractivity contribution is 6.33. The molecule has 2 aliphatic heterocycles. The Kier molecular flexibility index (Phi) is 11.8. The zero-order valence-electron chi connectivity index (χ0n) is 29.5. The van der Waals surface area contributed by atoms with Crippen molar-refractivity contribution in [2.45, 2.75) is 56.8 Å². The Balaban J connectivity index is 1.02. The summed E-state index contributed by atoms with van der Waals surface area (Å²) in [4.78, 5) is 62.4. The third-order valence-electron chi connectivity index (χ3n) is 9.36. The molecule has 292 valence electrons. The van der Waals surface area contributed by atoms with Crippen molar-refractivity contribution in [3.63, 3.8) is 0 Å². The van der Waals surface area contributed by atoms with Gasteiger partial charge < -0.3 is 20.4 Å². The Labute approximate surface area is 327 Å². The van der Waals surface area contributed by atoms with E-state index in [0.29, 0.717) is 56.6 Å². The highest BCUT2D eigenvalue weighted by Crippen LogP contribution is 2.32. The number of pyridine rings is 2. The fraction of sp³-hybridized carbons (Fsp3) is 0.282. The molecule has 6 rings (SSSR count). The van der Waals surface area contributed by atoms with Gasteiger partial charge in [0, 0.05) is 31.4 Å². The minimum absolute atomic E-state index is 0.0650.